The molecule has 0 aliphatic rings. The van der Waals surface area contributed by atoms with E-state index in [0.29, 0.717) is 23.8 Å². The Kier molecular flexibility index (Phi) is 6.90. The van der Waals surface area contributed by atoms with E-state index in [0.717, 1.165) is 34.1 Å². The monoisotopic (exact) mass is 455 g/mol. The van der Waals surface area contributed by atoms with Crippen molar-refractivity contribution in [2.45, 2.75) is 40.3 Å². The van der Waals surface area contributed by atoms with Crippen molar-refractivity contribution in [2.75, 3.05) is 5.32 Å². The summed E-state index contributed by atoms with van der Waals surface area (Å²) in [5.74, 6) is 0. The fraction of sp³-hybridized carbons (Fsp3) is 0.214. The molecule has 0 unspecified atom stereocenters. The van der Waals surface area contributed by atoms with Gasteiger partial charge in [-0.25, -0.2) is 0 Å². The first-order chi connectivity index (χ1) is 15.9. The second-order valence-electron chi connectivity index (χ2n) is 8.45. The molecule has 0 saturated heterocycles. The largest absolute Gasteiger partial charge is 0.340 e. The molecule has 4 rings (SSSR count). The van der Waals surface area contributed by atoms with Crippen molar-refractivity contribution in [3.05, 3.63) is 111 Å². The fourth-order valence-electron chi connectivity index (χ4n) is 4.20. The molecule has 1 aromatic heterocycles. The predicted molar refractivity (Wildman–Crippen MR) is 142 cm³/mol. The SMILES string of the molecule is CCc1ccccc1NC(=S)N(Cc1ccccc1)Cc1cc2cc(C)cc(C)c2[nH]c1=O. The van der Waals surface area contributed by atoms with E-state index >= 15 is 0 Å². The molecule has 0 spiro atoms. The van der Waals surface area contributed by atoms with E-state index in [1.165, 1.54) is 11.1 Å². The number of thiocarbonyl (C=S) groups is 1. The number of para-hydroxylation sites is 1. The minimum absolute atomic E-state index is 0.0794. The van der Waals surface area contributed by atoms with E-state index in [4.69, 9.17) is 12.2 Å². The topological polar surface area (TPSA) is 48.1 Å². The second-order valence-corrected chi connectivity index (χ2v) is 8.84. The normalized spacial score (nSPS) is 10.9. The van der Waals surface area contributed by atoms with Crippen LogP contribution in [0.1, 0.15) is 34.7 Å². The number of nitrogens with one attached hydrogen (secondary N) is 2. The number of hydrogen-bond donors (Lipinski definition) is 2. The Morgan fingerprint density at radius 1 is 0.939 bits per heavy atom. The summed E-state index contributed by atoms with van der Waals surface area (Å²) >= 11 is 5.85. The van der Waals surface area contributed by atoms with Gasteiger partial charge in [0.2, 0.25) is 0 Å². The van der Waals surface area contributed by atoms with Gasteiger partial charge in [0.25, 0.3) is 5.56 Å². The number of aromatic amines is 1. The first kappa shape index (κ1) is 22.7. The maximum Gasteiger partial charge on any atom is 0.253 e. The van der Waals surface area contributed by atoms with Crippen LogP contribution in [0.25, 0.3) is 10.9 Å². The summed E-state index contributed by atoms with van der Waals surface area (Å²) in [4.78, 5) is 18.1. The van der Waals surface area contributed by atoms with Gasteiger partial charge in [0, 0.05) is 17.8 Å². The molecular weight excluding hydrogens is 426 g/mol. The van der Waals surface area contributed by atoms with Crippen molar-refractivity contribution in [1.82, 2.24) is 9.88 Å². The van der Waals surface area contributed by atoms with Crippen molar-refractivity contribution in [2.24, 2.45) is 0 Å². The quantitative estimate of drug-likeness (QED) is 0.345. The third-order valence-electron chi connectivity index (χ3n) is 5.87. The number of H-pyrrole nitrogens is 1. The Hall–Kier alpha value is -3.44. The molecule has 0 saturated carbocycles. The van der Waals surface area contributed by atoms with Crippen molar-refractivity contribution in [1.29, 1.82) is 0 Å². The number of aryl methyl sites for hydroxylation is 3. The zero-order valence-corrected chi connectivity index (χ0v) is 20.1. The van der Waals surface area contributed by atoms with Crippen LogP contribution in [0, 0.1) is 13.8 Å². The Morgan fingerprint density at radius 2 is 1.67 bits per heavy atom. The van der Waals surface area contributed by atoms with Gasteiger partial charge < -0.3 is 15.2 Å². The highest BCUT2D eigenvalue weighted by Crippen LogP contribution is 2.21. The molecule has 0 atom stereocenters. The molecule has 0 amide bonds. The van der Waals surface area contributed by atoms with Gasteiger partial charge in [0.15, 0.2) is 5.11 Å². The number of fused-ring (bicyclic) bond motifs is 1. The zero-order chi connectivity index (χ0) is 23.4. The van der Waals surface area contributed by atoms with Crippen molar-refractivity contribution >= 4 is 33.9 Å². The zero-order valence-electron chi connectivity index (χ0n) is 19.3. The summed E-state index contributed by atoms with van der Waals surface area (Å²) in [6.07, 6.45) is 0.910. The van der Waals surface area contributed by atoms with Crippen LogP contribution in [0.2, 0.25) is 0 Å². The highest BCUT2D eigenvalue weighted by atomic mass is 32.1. The van der Waals surface area contributed by atoms with Gasteiger partial charge in [0.05, 0.1) is 12.1 Å². The lowest BCUT2D eigenvalue weighted by molar-refractivity contribution is 0.411. The number of nitrogens with zero attached hydrogens (tertiary/aromatic N) is 1. The Morgan fingerprint density at radius 3 is 2.42 bits per heavy atom. The minimum Gasteiger partial charge on any atom is -0.340 e. The van der Waals surface area contributed by atoms with Crippen molar-refractivity contribution in [3.63, 3.8) is 0 Å². The van der Waals surface area contributed by atoms with Gasteiger partial charge in [-0.05, 0) is 72.8 Å². The molecule has 5 heteroatoms. The molecule has 0 aliphatic carbocycles. The number of rotatable bonds is 6. The highest BCUT2D eigenvalue weighted by molar-refractivity contribution is 7.80. The van der Waals surface area contributed by atoms with Crippen LogP contribution < -0.4 is 10.9 Å². The molecule has 0 aliphatic heterocycles. The summed E-state index contributed by atoms with van der Waals surface area (Å²) in [5, 5.41) is 5.06. The first-order valence-electron chi connectivity index (χ1n) is 11.3. The minimum atomic E-state index is -0.0794. The molecule has 0 fully saturated rings. The van der Waals surface area contributed by atoms with Crippen molar-refractivity contribution < 1.29 is 0 Å². The number of pyridine rings is 1. The Balaban J connectivity index is 1.68. The van der Waals surface area contributed by atoms with Gasteiger partial charge in [-0.2, -0.15) is 0 Å². The number of hydrogen-bond acceptors (Lipinski definition) is 2. The maximum absolute atomic E-state index is 13.0. The van der Waals surface area contributed by atoms with E-state index in [1.807, 2.05) is 49.4 Å². The average Bonchev–Trinajstić information content (AvgIpc) is 2.80. The number of anilines is 1. The van der Waals surface area contributed by atoms with Crippen LogP contribution in [0.15, 0.2) is 77.6 Å². The average molecular weight is 456 g/mol. The van der Waals surface area contributed by atoms with Crippen LogP contribution in [0.5, 0.6) is 0 Å². The summed E-state index contributed by atoms with van der Waals surface area (Å²) in [6.45, 7) is 7.24. The second kappa shape index (κ2) is 10.0. The van der Waals surface area contributed by atoms with Crippen LogP contribution >= 0.6 is 12.2 Å². The van der Waals surface area contributed by atoms with E-state index in [-0.39, 0.29) is 5.56 Å². The van der Waals surface area contributed by atoms with E-state index in [2.05, 4.69) is 59.4 Å². The Bertz CT molecular complexity index is 1340. The van der Waals surface area contributed by atoms with Gasteiger partial charge in [-0.15, -0.1) is 0 Å². The molecule has 3 aromatic carbocycles. The Labute approximate surface area is 200 Å². The first-order valence-corrected chi connectivity index (χ1v) is 11.7. The molecule has 4 aromatic rings. The lowest BCUT2D eigenvalue weighted by Crippen LogP contribution is -2.35. The predicted octanol–water partition coefficient (Wildman–Crippen LogP) is 6.11. The molecule has 0 radical (unpaired) electrons. The summed E-state index contributed by atoms with van der Waals surface area (Å²) in [6, 6.07) is 24.6. The van der Waals surface area contributed by atoms with Gasteiger partial charge in [0.1, 0.15) is 0 Å². The third kappa shape index (κ3) is 5.32. The molecule has 33 heavy (non-hydrogen) atoms. The van der Waals surface area contributed by atoms with Gasteiger partial charge >= 0.3 is 0 Å². The molecule has 0 bridgehead atoms. The van der Waals surface area contributed by atoms with Crippen LogP contribution in [0.4, 0.5) is 5.69 Å². The van der Waals surface area contributed by atoms with Crippen molar-refractivity contribution in [3.8, 4) is 0 Å². The molecule has 168 valence electrons. The number of aromatic nitrogens is 1. The van der Waals surface area contributed by atoms with E-state index < -0.39 is 0 Å². The van der Waals surface area contributed by atoms with E-state index in [9.17, 15) is 4.79 Å². The van der Waals surface area contributed by atoms with Crippen LogP contribution in [0.3, 0.4) is 0 Å². The summed E-state index contributed by atoms with van der Waals surface area (Å²) in [7, 11) is 0. The summed E-state index contributed by atoms with van der Waals surface area (Å²) in [5.41, 5.74) is 7.09. The smallest absolute Gasteiger partial charge is 0.253 e. The fourth-order valence-corrected chi connectivity index (χ4v) is 4.44. The lowest BCUT2D eigenvalue weighted by atomic mass is 10.0. The molecule has 4 nitrogen and oxygen atoms in total. The standard InChI is InChI=1S/C28H29N3OS/c1-4-22-12-8-9-13-25(22)29-28(33)31(17-21-10-6-5-7-11-21)18-24-16-23-15-19(2)14-20(3)26(23)30-27(24)32/h5-16H,4,17-18H2,1-3H3,(H,29,33)(H,30,32). The third-order valence-corrected chi connectivity index (χ3v) is 6.24. The molecular formula is C28H29N3OS. The number of benzene rings is 3. The highest BCUT2D eigenvalue weighted by Gasteiger charge is 2.16. The van der Waals surface area contributed by atoms with Crippen LogP contribution in [-0.4, -0.2) is 15.0 Å². The van der Waals surface area contributed by atoms with E-state index in [1.54, 1.807) is 0 Å². The van der Waals surface area contributed by atoms with Gasteiger partial charge in [-0.3, -0.25) is 4.79 Å². The molecule has 2 N–H and O–H groups in total. The van der Waals surface area contributed by atoms with Gasteiger partial charge in [-0.1, -0.05) is 67.1 Å². The lowest BCUT2D eigenvalue weighted by Gasteiger charge is -2.27. The van der Waals surface area contributed by atoms with Crippen LogP contribution in [-0.2, 0) is 19.5 Å². The molecule has 1 heterocycles. The maximum atomic E-state index is 13.0. The summed E-state index contributed by atoms with van der Waals surface area (Å²) < 4.78 is 0.